The number of rotatable bonds is 7. The van der Waals surface area contributed by atoms with Crippen LogP contribution in [0.2, 0.25) is 0 Å². The Morgan fingerprint density at radius 1 is 1.16 bits per heavy atom. The maximum atomic E-state index is 9.34. The summed E-state index contributed by atoms with van der Waals surface area (Å²) in [6, 6.07) is 7.06. The lowest BCUT2D eigenvalue weighted by atomic mass is 10.1. The van der Waals surface area contributed by atoms with Crippen molar-refractivity contribution in [3.8, 4) is 16.9 Å². The highest BCUT2D eigenvalue weighted by Crippen LogP contribution is 2.21. The Balaban J connectivity index is 1.43. The third-order valence-electron chi connectivity index (χ3n) is 4.44. The minimum Gasteiger partial charge on any atom is -0.508 e. The van der Waals surface area contributed by atoms with Gasteiger partial charge in [0.2, 0.25) is 0 Å². The molecule has 0 bridgehead atoms. The number of nitrogens with zero attached hydrogens (tertiary/aromatic N) is 2. The molecule has 5 nitrogen and oxygen atoms in total. The SMILES string of the molecule is CC(CCCc1ncc(-c2ccc(O)cc2)cn1)OC1CCCCO1. The summed E-state index contributed by atoms with van der Waals surface area (Å²) < 4.78 is 11.5. The van der Waals surface area contributed by atoms with Gasteiger partial charge in [0.05, 0.1) is 6.10 Å². The summed E-state index contributed by atoms with van der Waals surface area (Å²) in [6.07, 6.45) is 10.00. The summed E-state index contributed by atoms with van der Waals surface area (Å²) in [6.45, 7) is 2.92. The molecule has 1 aromatic heterocycles. The van der Waals surface area contributed by atoms with E-state index in [-0.39, 0.29) is 18.1 Å². The Hall–Kier alpha value is -1.98. The number of phenols is 1. The van der Waals surface area contributed by atoms with Crippen LogP contribution in [-0.2, 0) is 15.9 Å². The van der Waals surface area contributed by atoms with Gasteiger partial charge >= 0.3 is 0 Å². The van der Waals surface area contributed by atoms with Crippen molar-refractivity contribution in [1.82, 2.24) is 9.97 Å². The predicted molar refractivity (Wildman–Crippen MR) is 96.2 cm³/mol. The molecule has 2 heterocycles. The van der Waals surface area contributed by atoms with E-state index in [2.05, 4.69) is 16.9 Å². The topological polar surface area (TPSA) is 64.5 Å². The monoisotopic (exact) mass is 342 g/mol. The van der Waals surface area contributed by atoms with Crippen LogP contribution in [0.1, 0.15) is 44.9 Å². The summed E-state index contributed by atoms with van der Waals surface area (Å²) in [7, 11) is 0. The Kier molecular flexibility index (Phi) is 6.36. The van der Waals surface area contributed by atoms with E-state index in [1.807, 2.05) is 24.5 Å². The van der Waals surface area contributed by atoms with Crippen molar-refractivity contribution >= 4 is 0 Å². The number of ether oxygens (including phenoxy) is 2. The first kappa shape index (κ1) is 17.8. The van der Waals surface area contributed by atoms with E-state index in [1.165, 1.54) is 6.42 Å². The van der Waals surface area contributed by atoms with Crippen molar-refractivity contribution in [1.29, 1.82) is 0 Å². The van der Waals surface area contributed by atoms with Gasteiger partial charge in [0.1, 0.15) is 11.6 Å². The van der Waals surface area contributed by atoms with Gasteiger partial charge in [-0.15, -0.1) is 0 Å². The van der Waals surface area contributed by atoms with Crippen LogP contribution in [0.3, 0.4) is 0 Å². The molecule has 3 rings (SSSR count). The fraction of sp³-hybridized carbons (Fsp3) is 0.500. The Labute approximate surface area is 149 Å². The van der Waals surface area contributed by atoms with Gasteiger partial charge in [-0.2, -0.15) is 0 Å². The van der Waals surface area contributed by atoms with Crippen LogP contribution in [0.5, 0.6) is 5.75 Å². The number of aromatic nitrogens is 2. The third kappa shape index (κ3) is 5.51. The standard InChI is InChI=1S/C20H26N2O3/c1-15(25-20-7-2-3-12-24-20)5-4-6-19-21-13-17(14-22-19)16-8-10-18(23)11-9-16/h8-11,13-15,20,23H,2-7,12H2,1H3. The second-order valence-corrected chi connectivity index (χ2v) is 6.57. The van der Waals surface area contributed by atoms with Gasteiger partial charge in [-0.3, -0.25) is 0 Å². The molecule has 1 saturated heterocycles. The van der Waals surface area contributed by atoms with E-state index in [4.69, 9.17) is 9.47 Å². The zero-order valence-corrected chi connectivity index (χ0v) is 14.7. The fourth-order valence-electron chi connectivity index (χ4n) is 2.98. The molecule has 134 valence electrons. The largest absolute Gasteiger partial charge is 0.508 e. The highest BCUT2D eigenvalue weighted by Gasteiger charge is 2.17. The van der Waals surface area contributed by atoms with E-state index in [0.29, 0.717) is 0 Å². The number of aromatic hydroxyl groups is 1. The van der Waals surface area contributed by atoms with Crippen LogP contribution < -0.4 is 0 Å². The van der Waals surface area contributed by atoms with Gasteiger partial charge in [-0.1, -0.05) is 12.1 Å². The molecule has 1 N–H and O–H groups in total. The molecule has 0 aliphatic carbocycles. The van der Waals surface area contributed by atoms with E-state index in [1.54, 1.807) is 12.1 Å². The molecule has 0 spiro atoms. The van der Waals surface area contributed by atoms with Gasteiger partial charge in [0, 0.05) is 31.0 Å². The highest BCUT2D eigenvalue weighted by atomic mass is 16.7. The molecular weight excluding hydrogens is 316 g/mol. The summed E-state index contributed by atoms with van der Waals surface area (Å²) >= 11 is 0. The van der Waals surface area contributed by atoms with Crippen molar-refractivity contribution in [3.63, 3.8) is 0 Å². The van der Waals surface area contributed by atoms with E-state index in [0.717, 1.165) is 55.7 Å². The number of hydrogen-bond donors (Lipinski definition) is 1. The molecule has 1 aliphatic heterocycles. The van der Waals surface area contributed by atoms with E-state index < -0.39 is 0 Å². The van der Waals surface area contributed by atoms with Crippen LogP contribution in [0.4, 0.5) is 0 Å². The lowest BCUT2D eigenvalue weighted by Crippen LogP contribution is -2.26. The Morgan fingerprint density at radius 3 is 2.60 bits per heavy atom. The molecular formula is C20H26N2O3. The van der Waals surface area contributed by atoms with Gasteiger partial charge < -0.3 is 14.6 Å². The van der Waals surface area contributed by atoms with Crippen LogP contribution >= 0.6 is 0 Å². The van der Waals surface area contributed by atoms with Crippen molar-refractivity contribution < 1.29 is 14.6 Å². The second-order valence-electron chi connectivity index (χ2n) is 6.57. The van der Waals surface area contributed by atoms with Crippen molar-refractivity contribution in [2.24, 2.45) is 0 Å². The molecule has 0 amide bonds. The number of hydrogen-bond acceptors (Lipinski definition) is 5. The Bertz CT molecular complexity index is 637. The number of phenolic OH excluding ortho intramolecular Hbond substituents is 1. The van der Waals surface area contributed by atoms with Crippen LogP contribution in [0, 0.1) is 0 Å². The van der Waals surface area contributed by atoms with Crippen LogP contribution in [0.25, 0.3) is 11.1 Å². The summed E-state index contributed by atoms with van der Waals surface area (Å²) in [4.78, 5) is 8.90. The first-order chi connectivity index (χ1) is 12.2. The zero-order chi connectivity index (χ0) is 17.5. The van der Waals surface area contributed by atoms with E-state index in [9.17, 15) is 5.11 Å². The van der Waals surface area contributed by atoms with Crippen LogP contribution in [0.15, 0.2) is 36.7 Å². The molecule has 2 atom stereocenters. The lowest BCUT2D eigenvalue weighted by molar-refractivity contribution is -0.185. The highest BCUT2D eigenvalue weighted by molar-refractivity contribution is 5.62. The van der Waals surface area contributed by atoms with Gasteiger partial charge in [0.25, 0.3) is 0 Å². The first-order valence-corrected chi connectivity index (χ1v) is 9.08. The molecule has 0 radical (unpaired) electrons. The minimum atomic E-state index is -0.0235. The second kappa shape index (κ2) is 8.92. The van der Waals surface area contributed by atoms with Gasteiger partial charge in [0.15, 0.2) is 6.29 Å². The normalized spacial score (nSPS) is 18.8. The smallest absolute Gasteiger partial charge is 0.157 e. The summed E-state index contributed by atoms with van der Waals surface area (Å²) in [5.74, 6) is 1.11. The van der Waals surface area contributed by atoms with Crippen molar-refractivity contribution in [2.45, 2.75) is 57.8 Å². The average molecular weight is 342 g/mol. The lowest BCUT2D eigenvalue weighted by Gasteiger charge is -2.26. The van der Waals surface area contributed by atoms with E-state index >= 15 is 0 Å². The molecule has 25 heavy (non-hydrogen) atoms. The van der Waals surface area contributed by atoms with Crippen molar-refractivity contribution in [2.75, 3.05) is 6.61 Å². The molecule has 5 heteroatoms. The zero-order valence-electron chi connectivity index (χ0n) is 14.7. The molecule has 0 saturated carbocycles. The van der Waals surface area contributed by atoms with Crippen molar-refractivity contribution in [3.05, 3.63) is 42.5 Å². The molecule has 1 aromatic carbocycles. The first-order valence-electron chi connectivity index (χ1n) is 9.08. The minimum absolute atomic E-state index is 0.0235. The molecule has 2 unspecified atom stereocenters. The fourth-order valence-corrected chi connectivity index (χ4v) is 2.98. The van der Waals surface area contributed by atoms with Gasteiger partial charge in [-0.25, -0.2) is 9.97 Å². The molecule has 1 fully saturated rings. The van der Waals surface area contributed by atoms with Crippen LogP contribution in [-0.4, -0.2) is 34.1 Å². The quantitative estimate of drug-likeness (QED) is 0.820. The Morgan fingerprint density at radius 2 is 1.92 bits per heavy atom. The number of aryl methyl sites for hydroxylation is 1. The molecule has 1 aliphatic rings. The van der Waals surface area contributed by atoms with Gasteiger partial charge in [-0.05, 0) is 56.7 Å². The summed E-state index contributed by atoms with van der Waals surface area (Å²) in [5, 5.41) is 9.34. The number of benzene rings is 1. The maximum Gasteiger partial charge on any atom is 0.157 e. The average Bonchev–Trinajstić information content (AvgIpc) is 2.64. The molecule has 2 aromatic rings. The maximum absolute atomic E-state index is 9.34. The summed E-state index contributed by atoms with van der Waals surface area (Å²) in [5.41, 5.74) is 1.95. The third-order valence-corrected chi connectivity index (χ3v) is 4.44. The predicted octanol–water partition coefficient (Wildman–Crippen LogP) is 4.10.